The van der Waals surface area contributed by atoms with Gasteiger partial charge in [0.1, 0.15) is 17.5 Å². The van der Waals surface area contributed by atoms with Crippen molar-refractivity contribution in [1.82, 2.24) is 4.98 Å². The molecule has 2 aromatic rings. The summed E-state index contributed by atoms with van der Waals surface area (Å²) >= 11 is 0. The molecule has 1 heterocycles. The number of halogens is 5. The minimum absolute atomic E-state index is 0.0268. The van der Waals surface area contributed by atoms with Gasteiger partial charge in [0.25, 0.3) is 0 Å². The molecule has 1 aromatic heterocycles. The predicted molar refractivity (Wildman–Crippen MR) is 157 cm³/mol. The Hall–Kier alpha value is -2.97. The highest BCUT2D eigenvalue weighted by atomic mass is 32.3. The fraction of sp³-hybridized carbons (Fsp3) is 0.606. The number of Topliss-reactive ketones (excluding diaryl/α,β-unsaturated/α-hetero) is 1. The molecule has 47 heavy (non-hydrogen) atoms. The van der Waals surface area contributed by atoms with Crippen molar-refractivity contribution < 1.29 is 53.4 Å². The standard InChI is InChI=1S/C28H33F5O7S.C5H5N/c1-12(34)16-6-7-17-15-5-4-13-10-14(40-41(36,37)38)8-9-27(13,2)20(15)18(11-28(16,17)3)39-26(35)19-21(29)23(31)25(33)24(32)22(19)30;1-2-4-6-5-3-1/h13-18,20H,4-11H2,1-3H3,(H,36,37,38);1-5H/t13-,14-,15+,16-,17+,18-,20-,27+,28-;/m1./s1. The smallest absolute Gasteiger partial charge is 0.397 e. The summed E-state index contributed by atoms with van der Waals surface area (Å²) in [5.74, 6) is -14.0. The topological polar surface area (TPSA) is 120 Å². The lowest BCUT2D eigenvalue weighted by Gasteiger charge is -2.62. The first-order chi connectivity index (χ1) is 22.0. The van der Waals surface area contributed by atoms with E-state index in [2.05, 4.69) is 4.98 Å². The third-order valence-corrected chi connectivity index (χ3v) is 12.0. The molecule has 9 atom stereocenters. The SMILES string of the molecule is CC(=O)[C@H]1CC[C@H]2[C@@H]3CC[C@@H]4C[C@H](OS(=O)(=O)O)CC[C@]4(C)[C@H]3[C@H](OC(=O)c3c(F)c(F)c(F)c(F)c3F)C[C@]12C.c1ccncc1. The molecule has 0 unspecified atom stereocenters. The van der Waals surface area contributed by atoms with Crippen molar-refractivity contribution in [3.05, 3.63) is 65.2 Å². The van der Waals surface area contributed by atoms with Gasteiger partial charge < -0.3 is 4.74 Å². The number of ketones is 1. The fourth-order valence-electron chi connectivity index (χ4n) is 9.64. The Kier molecular flexibility index (Phi) is 9.89. The molecule has 258 valence electrons. The van der Waals surface area contributed by atoms with Crippen molar-refractivity contribution >= 4 is 22.2 Å². The quantitative estimate of drug-likeness (QED) is 0.117. The molecule has 1 N–H and O–H groups in total. The normalized spacial score (nSPS) is 34.6. The maximum atomic E-state index is 14.6. The van der Waals surface area contributed by atoms with Crippen LogP contribution in [0.15, 0.2) is 30.6 Å². The van der Waals surface area contributed by atoms with Gasteiger partial charge in [0.15, 0.2) is 23.3 Å². The molecule has 4 aliphatic carbocycles. The molecule has 8 nitrogen and oxygen atoms in total. The van der Waals surface area contributed by atoms with Crippen LogP contribution in [0.5, 0.6) is 0 Å². The molecular weight excluding hydrogens is 649 g/mol. The van der Waals surface area contributed by atoms with E-state index in [4.69, 9.17) is 8.92 Å². The van der Waals surface area contributed by atoms with E-state index in [1.807, 2.05) is 32.0 Å². The number of carbonyl (C=O) groups excluding carboxylic acids is 2. The van der Waals surface area contributed by atoms with Gasteiger partial charge in [0, 0.05) is 24.2 Å². The lowest BCUT2D eigenvalue weighted by atomic mass is 9.43. The zero-order valence-corrected chi connectivity index (χ0v) is 27.0. The Labute approximate surface area is 270 Å². The maximum absolute atomic E-state index is 14.6. The van der Waals surface area contributed by atoms with Gasteiger partial charge in [-0.15, -0.1) is 0 Å². The Bertz CT molecular complexity index is 1570. The Morgan fingerprint density at radius 3 is 2.02 bits per heavy atom. The molecule has 0 amide bonds. The predicted octanol–water partition coefficient (Wildman–Crippen LogP) is 7.03. The Balaban J connectivity index is 0.000000650. The van der Waals surface area contributed by atoms with E-state index in [0.29, 0.717) is 32.1 Å². The zero-order valence-electron chi connectivity index (χ0n) is 26.2. The van der Waals surface area contributed by atoms with Crippen molar-refractivity contribution in [1.29, 1.82) is 0 Å². The van der Waals surface area contributed by atoms with E-state index < -0.39 is 74.1 Å². The van der Waals surface area contributed by atoms with Gasteiger partial charge in [-0.3, -0.25) is 14.3 Å². The van der Waals surface area contributed by atoms with Crippen LogP contribution in [0.1, 0.15) is 82.5 Å². The molecule has 0 radical (unpaired) electrons. The summed E-state index contributed by atoms with van der Waals surface area (Å²) in [7, 11) is -4.67. The van der Waals surface area contributed by atoms with Crippen LogP contribution in [-0.2, 0) is 24.1 Å². The molecular formula is C33H38F5NO7S. The number of aromatic nitrogens is 1. The third kappa shape index (κ3) is 6.57. The van der Waals surface area contributed by atoms with Gasteiger partial charge in [-0.2, -0.15) is 8.42 Å². The highest BCUT2D eigenvalue weighted by Gasteiger charge is 2.65. The molecule has 4 aliphatic rings. The van der Waals surface area contributed by atoms with Crippen LogP contribution >= 0.6 is 0 Å². The summed E-state index contributed by atoms with van der Waals surface area (Å²) in [4.78, 5) is 29.6. The van der Waals surface area contributed by atoms with E-state index in [0.717, 1.165) is 6.42 Å². The summed E-state index contributed by atoms with van der Waals surface area (Å²) in [6, 6.07) is 5.72. The lowest BCUT2D eigenvalue weighted by Crippen LogP contribution is -2.60. The second kappa shape index (κ2) is 13.1. The van der Waals surface area contributed by atoms with Gasteiger partial charge in [-0.1, -0.05) is 19.9 Å². The van der Waals surface area contributed by atoms with Crippen LogP contribution in [0.3, 0.4) is 0 Å². The fourth-order valence-corrected chi connectivity index (χ4v) is 10.2. The van der Waals surface area contributed by atoms with E-state index in [1.54, 1.807) is 12.4 Å². The minimum atomic E-state index is -4.67. The second-order valence-corrected chi connectivity index (χ2v) is 14.9. The lowest BCUT2D eigenvalue weighted by molar-refractivity contribution is -0.178. The van der Waals surface area contributed by atoms with E-state index >= 15 is 0 Å². The Morgan fingerprint density at radius 1 is 0.872 bits per heavy atom. The number of carbonyl (C=O) groups is 2. The molecule has 0 bridgehead atoms. The van der Waals surface area contributed by atoms with Crippen molar-refractivity contribution in [2.24, 2.45) is 40.4 Å². The average molecular weight is 688 g/mol. The molecule has 4 fully saturated rings. The third-order valence-electron chi connectivity index (χ3n) is 11.5. The number of pyridine rings is 1. The zero-order chi connectivity index (χ0) is 34.5. The number of hydrogen-bond acceptors (Lipinski definition) is 7. The van der Waals surface area contributed by atoms with Crippen LogP contribution in [0, 0.1) is 69.5 Å². The highest BCUT2D eigenvalue weighted by molar-refractivity contribution is 7.80. The maximum Gasteiger partial charge on any atom is 0.397 e. The number of benzene rings is 1. The summed E-state index contributed by atoms with van der Waals surface area (Å²) < 4.78 is 113. The molecule has 14 heteroatoms. The molecule has 0 spiro atoms. The van der Waals surface area contributed by atoms with Crippen molar-refractivity contribution in [3.8, 4) is 0 Å². The van der Waals surface area contributed by atoms with Gasteiger partial charge in [-0.25, -0.2) is 30.9 Å². The van der Waals surface area contributed by atoms with Crippen LogP contribution in [0.2, 0.25) is 0 Å². The van der Waals surface area contributed by atoms with E-state index in [-0.39, 0.29) is 48.2 Å². The van der Waals surface area contributed by atoms with E-state index in [1.165, 1.54) is 6.92 Å². The molecule has 1 aromatic carbocycles. The van der Waals surface area contributed by atoms with Crippen molar-refractivity contribution in [2.45, 2.75) is 84.3 Å². The summed E-state index contributed by atoms with van der Waals surface area (Å²) in [6.07, 6.45) is 5.61. The van der Waals surface area contributed by atoms with Crippen molar-refractivity contribution in [2.75, 3.05) is 0 Å². The van der Waals surface area contributed by atoms with Crippen LogP contribution < -0.4 is 0 Å². The van der Waals surface area contributed by atoms with Gasteiger partial charge in [-0.05, 0) is 99.0 Å². The summed E-state index contributed by atoms with van der Waals surface area (Å²) in [5, 5.41) is 0. The van der Waals surface area contributed by atoms with Crippen molar-refractivity contribution in [3.63, 3.8) is 0 Å². The van der Waals surface area contributed by atoms with Gasteiger partial charge in [0.2, 0.25) is 5.82 Å². The molecule has 0 aliphatic heterocycles. The summed E-state index contributed by atoms with van der Waals surface area (Å²) in [6.45, 7) is 5.42. The number of nitrogens with zero attached hydrogens (tertiary/aromatic N) is 1. The van der Waals surface area contributed by atoms with Crippen LogP contribution in [-0.4, -0.2) is 41.9 Å². The minimum Gasteiger partial charge on any atom is -0.458 e. The monoisotopic (exact) mass is 687 g/mol. The second-order valence-electron chi connectivity index (χ2n) is 13.9. The van der Waals surface area contributed by atoms with E-state index in [9.17, 15) is 44.5 Å². The molecule has 6 rings (SSSR count). The number of hydrogen-bond donors (Lipinski definition) is 1. The Morgan fingerprint density at radius 2 is 1.49 bits per heavy atom. The van der Waals surface area contributed by atoms with Gasteiger partial charge in [0.05, 0.1) is 6.10 Å². The average Bonchev–Trinajstić information content (AvgIpc) is 3.36. The number of rotatable bonds is 5. The first-order valence-corrected chi connectivity index (χ1v) is 17.1. The highest BCUT2D eigenvalue weighted by Crippen LogP contribution is 2.68. The number of esters is 1. The number of ether oxygens (including phenoxy) is 1. The largest absolute Gasteiger partial charge is 0.458 e. The molecule has 4 saturated carbocycles. The first-order valence-electron chi connectivity index (χ1n) is 15.7. The van der Waals surface area contributed by atoms with Gasteiger partial charge >= 0.3 is 16.4 Å². The number of fused-ring (bicyclic) bond motifs is 5. The van der Waals surface area contributed by atoms with Crippen LogP contribution in [0.25, 0.3) is 0 Å². The molecule has 0 saturated heterocycles. The summed E-state index contributed by atoms with van der Waals surface area (Å²) in [5.41, 5.74) is -2.83. The van der Waals surface area contributed by atoms with Crippen LogP contribution in [0.4, 0.5) is 22.0 Å². The first kappa shape index (κ1) is 35.3.